The van der Waals surface area contributed by atoms with Crippen LogP contribution in [-0.4, -0.2) is 16.5 Å². The van der Waals surface area contributed by atoms with Gasteiger partial charge < -0.3 is 13.8 Å². The molecule has 0 saturated heterocycles. The van der Waals surface area contributed by atoms with Gasteiger partial charge in [-0.1, -0.05) is 30.8 Å². The molecule has 0 fully saturated rings. The molecule has 1 aromatic carbocycles. The molecule has 7 heteroatoms. The Kier molecular flexibility index (Phi) is 3.12. The van der Waals surface area contributed by atoms with Gasteiger partial charge in [0.25, 0.3) is 0 Å². The Balaban J connectivity index is 2.09. The molecule has 1 heterocycles. The van der Waals surface area contributed by atoms with Crippen LogP contribution in [0.15, 0.2) is 41.3 Å². The molecule has 1 aliphatic carbocycles. The maximum Gasteiger partial charge on any atom is 0.365 e. The normalized spacial score (nSPS) is 14.3. The summed E-state index contributed by atoms with van der Waals surface area (Å²) in [6, 6.07) is 7.70. The quantitative estimate of drug-likeness (QED) is 0.590. The van der Waals surface area contributed by atoms with E-state index in [9.17, 15) is 14.2 Å². The molecule has 0 bridgehead atoms. The van der Waals surface area contributed by atoms with Crippen LogP contribution < -0.4 is 0 Å². The van der Waals surface area contributed by atoms with Gasteiger partial charge in [-0.15, -0.1) is 0 Å². The average Bonchev–Trinajstić information content (AvgIpc) is 2.90. The van der Waals surface area contributed by atoms with E-state index in [-0.39, 0.29) is 34.2 Å². The van der Waals surface area contributed by atoms with E-state index in [1.807, 2.05) is 0 Å². The van der Waals surface area contributed by atoms with Gasteiger partial charge in [-0.25, -0.2) is 4.57 Å². The summed E-state index contributed by atoms with van der Waals surface area (Å²) in [5.41, 5.74) is 0.652. The fourth-order valence-corrected chi connectivity index (χ4v) is 2.48. The highest BCUT2D eigenvalue weighted by molar-refractivity contribution is 7.32. The molecule has 1 unspecified atom stereocenters. The van der Waals surface area contributed by atoms with E-state index in [4.69, 9.17) is 9.31 Å². The zero-order valence-corrected chi connectivity index (χ0v) is 11.6. The lowest BCUT2D eigenvalue weighted by Crippen LogP contribution is -2.18. The van der Waals surface area contributed by atoms with Gasteiger partial charge in [0.05, 0.1) is 5.56 Å². The molecule has 0 spiro atoms. The summed E-state index contributed by atoms with van der Waals surface area (Å²) in [4.78, 5) is 33.3. The smallest absolute Gasteiger partial charge is 0.365 e. The molecule has 1 aromatic heterocycles. The summed E-state index contributed by atoms with van der Waals surface area (Å²) in [6.07, 6.45) is 0. The Morgan fingerprint density at radius 1 is 1.14 bits per heavy atom. The Hall–Kier alpha value is -2.43. The Morgan fingerprint density at radius 2 is 1.76 bits per heavy atom. The van der Waals surface area contributed by atoms with E-state index in [2.05, 4.69) is 11.1 Å². The molecule has 106 valence electrons. The standard InChI is InChI=1S/C14H9O6P/c1-7(20-21(17)18)11-6-10-12(15)8-4-2-3-5-9(8)13(16)14(10)19-11/h2-6,21H,1H2,(H,17,18). The largest absolute Gasteiger partial charge is 0.449 e. The van der Waals surface area contributed by atoms with Crippen molar-refractivity contribution < 1.29 is 28.0 Å². The predicted molar refractivity (Wildman–Crippen MR) is 73.4 cm³/mol. The highest BCUT2D eigenvalue weighted by Gasteiger charge is 2.33. The molecule has 1 aliphatic rings. The Labute approximate surface area is 119 Å². The lowest BCUT2D eigenvalue weighted by Gasteiger charge is -2.11. The first-order valence-corrected chi connectivity index (χ1v) is 7.17. The van der Waals surface area contributed by atoms with Crippen LogP contribution in [-0.2, 0) is 9.09 Å². The van der Waals surface area contributed by atoms with Crippen molar-refractivity contribution in [2.75, 3.05) is 0 Å². The van der Waals surface area contributed by atoms with Crippen LogP contribution in [0.4, 0.5) is 0 Å². The van der Waals surface area contributed by atoms with Crippen molar-refractivity contribution in [1.82, 2.24) is 0 Å². The number of carbonyl (C=O) groups is 2. The van der Waals surface area contributed by atoms with Crippen molar-refractivity contribution in [1.29, 1.82) is 0 Å². The van der Waals surface area contributed by atoms with Gasteiger partial charge in [0.2, 0.25) is 5.78 Å². The van der Waals surface area contributed by atoms with Gasteiger partial charge in [-0.2, -0.15) is 0 Å². The number of carbonyl (C=O) groups excluding carboxylic acids is 2. The van der Waals surface area contributed by atoms with E-state index >= 15 is 0 Å². The third-order valence-corrected chi connectivity index (χ3v) is 3.51. The molecule has 21 heavy (non-hydrogen) atoms. The fraction of sp³-hybridized carbons (Fsp3) is 0. The topological polar surface area (TPSA) is 93.8 Å². The highest BCUT2D eigenvalue weighted by Crippen LogP contribution is 2.34. The molecule has 0 radical (unpaired) electrons. The fourth-order valence-electron chi connectivity index (χ4n) is 2.17. The van der Waals surface area contributed by atoms with Crippen molar-refractivity contribution in [3.05, 3.63) is 65.1 Å². The van der Waals surface area contributed by atoms with Crippen LogP contribution in [0, 0.1) is 0 Å². The summed E-state index contributed by atoms with van der Waals surface area (Å²) in [7, 11) is -3.24. The van der Waals surface area contributed by atoms with Gasteiger partial charge >= 0.3 is 8.25 Å². The first-order valence-electron chi connectivity index (χ1n) is 5.91. The summed E-state index contributed by atoms with van der Waals surface area (Å²) in [6.45, 7) is 3.43. The van der Waals surface area contributed by atoms with Crippen molar-refractivity contribution >= 4 is 25.6 Å². The molecule has 3 rings (SSSR count). The third-order valence-electron chi connectivity index (χ3n) is 3.08. The van der Waals surface area contributed by atoms with Gasteiger partial charge in [0, 0.05) is 11.1 Å². The molecule has 0 aliphatic heterocycles. The van der Waals surface area contributed by atoms with Crippen LogP contribution in [0.5, 0.6) is 0 Å². The minimum Gasteiger partial charge on any atom is -0.449 e. The predicted octanol–water partition coefficient (Wildman–Crippen LogP) is 2.42. The summed E-state index contributed by atoms with van der Waals surface area (Å²) in [5.74, 6) is -1.12. The van der Waals surface area contributed by atoms with E-state index in [0.29, 0.717) is 5.56 Å². The SMILES string of the molecule is C=C(O[PH](=O)O)c1cc2c(o1)C(=O)c1ccccc1C2=O. The lowest BCUT2D eigenvalue weighted by molar-refractivity contribution is 0.0960. The molecule has 1 atom stereocenters. The van der Waals surface area contributed by atoms with Gasteiger partial charge in [-0.05, 0) is 6.07 Å². The molecular formula is C14H9O6P. The number of hydrogen-bond donors (Lipinski definition) is 1. The van der Waals surface area contributed by atoms with E-state index in [0.717, 1.165) is 0 Å². The average molecular weight is 304 g/mol. The summed E-state index contributed by atoms with van der Waals surface area (Å²) < 4.78 is 20.5. The maximum absolute atomic E-state index is 12.3. The molecule has 6 nitrogen and oxygen atoms in total. The molecular weight excluding hydrogens is 295 g/mol. The number of hydrogen-bond acceptors (Lipinski definition) is 5. The third kappa shape index (κ3) is 2.14. The van der Waals surface area contributed by atoms with Gasteiger partial charge in [0.15, 0.2) is 23.1 Å². The second-order valence-electron chi connectivity index (χ2n) is 4.35. The first-order chi connectivity index (χ1) is 9.99. The molecule has 0 amide bonds. The number of fused-ring (bicyclic) bond motifs is 2. The van der Waals surface area contributed by atoms with Crippen molar-refractivity contribution in [2.24, 2.45) is 0 Å². The minimum absolute atomic E-state index is 0.0260. The van der Waals surface area contributed by atoms with Gasteiger partial charge in [0.1, 0.15) is 0 Å². The monoisotopic (exact) mass is 304 g/mol. The summed E-state index contributed by atoms with van der Waals surface area (Å²) >= 11 is 0. The van der Waals surface area contributed by atoms with Crippen LogP contribution in [0.25, 0.3) is 5.76 Å². The van der Waals surface area contributed by atoms with E-state index in [1.54, 1.807) is 24.3 Å². The zero-order chi connectivity index (χ0) is 15.1. The number of benzene rings is 1. The van der Waals surface area contributed by atoms with Crippen molar-refractivity contribution in [3.63, 3.8) is 0 Å². The maximum atomic E-state index is 12.3. The number of rotatable bonds is 3. The summed E-state index contributed by atoms with van der Waals surface area (Å²) in [5, 5.41) is 0. The number of furan rings is 1. The van der Waals surface area contributed by atoms with E-state index in [1.165, 1.54) is 6.07 Å². The van der Waals surface area contributed by atoms with Crippen LogP contribution in [0.3, 0.4) is 0 Å². The molecule has 1 N–H and O–H groups in total. The van der Waals surface area contributed by atoms with Crippen LogP contribution in [0.1, 0.15) is 37.8 Å². The molecule has 2 aromatic rings. The van der Waals surface area contributed by atoms with E-state index < -0.39 is 14.0 Å². The Bertz CT molecular complexity index is 764. The van der Waals surface area contributed by atoms with Crippen LogP contribution >= 0.6 is 8.25 Å². The van der Waals surface area contributed by atoms with Crippen LogP contribution in [0.2, 0.25) is 0 Å². The second-order valence-corrected chi connectivity index (χ2v) is 5.08. The van der Waals surface area contributed by atoms with Crippen molar-refractivity contribution in [3.8, 4) is 0 Å². The van der Waals surface area contributed by atoms with Crippen molar-refractivity contribution in [2.45, 2.75) is 0 Å². The number of ketones is 2. The lowest BCUT2D eigenvalue weighted by atomic mass is 9.89. The molecule has 0 saturated carbocycles. The first kappa shape index (κ1) is 13.5. The second kappa shape index (κ2) is 4.84. The van der Waals surface area contributed by atoms with Gasteiger partial charge in [-0.3, -0.25) is 9.59 Å². The zero-order valence-electron chi connectivity index (χ0n) is 10.6. The highest BCUT2D eigenvalue weighted by atomic mass is 31.1. The minimum atomic E-state index is -3.24. The Morgan fingerprint density at radius 3 is 2.38 bits per heavy atom.